The first-order valence-corrected chi connectivity index (χ1v) is 19.1. The van der Waals surface area contributed by atoms with Crippen molar-refractivity contribution in [3.05, 3.63) is 198 Å². The molecule has 1 aliphatic rings. The molecule has 11 rings (SSSR count). The Morgan fingerprint density at radius 1 is 0.473 bits per heavy atom. The van der Waals surface area contributed by atoms with Crippen molar-refractivity contribution in [2.24, 2.45) is 0 Å². The molecule has 0 saturated heterocycles. The van der Waals surface area contributed by atoms with Crippen LogP contribution in [0.1, 0.15) is 0 Å². The topological polar surface area (TPSA) is 41.6 Å². The standard InChI is InChI=1S/C49H31N3O2S/c53-48-37-22-11-13-26-45(37)54-46-28-27-35(29-39(46)48)52-42-25-14-24-41(50(32-15-4-1-5-16-32)33-17-6-2-7-18-33)49(42)55-47-30-38-36-21-10-12-23-40(36)51(43(38)31-44(47)52)34-19-8-3-9-20-34/h1-31H. The molecular formula is C49H31N3O2S. The van der Waals surface area contributed by atoms with Gasteiger partial charge in [-0.05, 0) is 97.1 Å². The van der Waals surface area contributed by atoms with Crippen molar-refractivity contribution < 1.29 is 4.42 Å². The molecule has 10 aromatic rings. The van der Waals surface area contributed by atoms with Crippen molar-refractivity contribution in [1.82, 2.24) is 4.57 Å². The lowest BCUT2D eigenvalue weighted by atomic mass is 10.1. The molecule has 2 aromatic heterocycles. The molecule has 0 unspecified atom stereocenters. The van der Waals surface area contributed by atoms with Gasteiger partial charge >= 0.3 is 0 Å². The highest BCUT2D eigenvalue weighted by Gasteiger charge is 2.31. The maximum Gasteiger partial charge on any atom is 0.200 e. The van der Waals surface area contributed by atoms with Gasteiger partial charge in [0.05, 0.1) is 43.8 Å². The third kappa shape index (κ3) is 4.99. The number of anilines is 6. The minimum Gasteiger partial charge on any atom is -0.456 e. The quantitative estimate of drug-likeness (QED) is 0.165. The number of nitrogens with zero attached hydrogens (tertiary/aromatic N) is 3. The molecule has 0 N–H and O–H groups in total. The molecule has 0 amide bonds. The van der Waals surface area contributed by atoms with Crippen molar-refractivity contribution >= 4 is 89.6 Å². The van der Waals surface area contributed by atoms with Crippen LogP contribution in [0.4, 0.5) is 34.1 Å². The summed E-state index contributed by atoms with van der Waals surface area (Å²) < 4.78 is 8.63. The van der Waals surface area contributed by atoms with Crippen molar-refractivity contribution in [3.8, 4) is 5.69 Å². The minimum atomic E-state index is -0.0433. The van der Waals surface area contributed by atoms with Crippen LogP contribution in [-0.2, 0) is 0 Å². The summed E-state index contributed by atoms with van der Waals surface area (Å²) in [5, 5.41) is 3.49. The van der Waals surface area contributed by atoms with Crippen molar-refractivity contribution in [2.45, 2.75) is 9.79 Å². The summed E-state index contributed by atoms with van der Waals surface area (Å²) in [7, 11) is 0. The zero-order valence-corrected chi connectivity index (χ0v) is 30.3. The lowest BCUT2D eigenvalue weighted by Crippen LogP contribution is -2.18. The van der Waals surface area contributed by atoms with Crippen LogP contribution in [0.5, 0.6) is 0 Å². The summed E-state index contributed by atoms with van der Waals surface area (Å²) in [6, 6.07) is 64.9. The van der Waals surface area contributed by atoms with E-state index in [1.54, 1.807) is 11.8 Å². The summed E-state index contributed by atoms with van der Waals surface area (Å²) in [6.07, 6.45) is 0. The lowest BCUT2D eigenvalue weighted by Gasteiger charge is -2.36. The zero-order valence-electron chi connectivity index (χ0n) is 29.5. The summed E-state index contributed by atoms with van der Waals surface area (Å²) in [5.74, 6) is 0. The molecule has 260 valence electrons. The van der Waals surface area contributed by atoms with Crippen molar-refractivity contribution in [1.29, 1.82) is 0 Å². The van der Waals surface area contributed by atoms with Crippen molar-refractivity contribution in [3.63, 3.8) is 0 Å². The largest absolute Gasteiger partial charge is 0.456 e. The Morgan fingerprint density at radius 3 is 1.89 bits per heavy atom. The number of fused-ring (bicyclic) bond motifs is 7. The Balaban J connectivity index is 1.21. The fourth-order valence-corrected chi connectivity index (χ4v) is 9.27. The second-order valence-electron chi connectivity index (χ2n) is 13.7. The molecule has 8 aromatic carbocycles. The van der Waals surface area contributed by atoms with Gasteiger partial charge in [0.25, 0.3) is 0 Å². The van der Waals surface area contributed by atoms with E-state index in [4.69, 9.17) is 4.42 Å². The van der Waals surface area contributed by atoms with E-state index in [0.717, 1.165) is 60.6 Å². The molecule has 0 fully saturated rings. The fraction of sp³-hybridized carbons (Fsp3) is 0. The second kappa shape index (κ2) is 12.5. The first-order valence-electron chi connectivity index (χ1n) is 18.3. The monoisotopic (exact) mass is 725 g/mol. The third-order valence-electron chi connectivity index (χ3n) is 10.5. The van der Waals surface area contributed by atoms with Gasteiger partial charge in [0.15, 0.2) is 0 Å². The number of rotatable bonds is 5. The van der Waals surface area contributed by atoms with Crippen LogP contribution in [-0.4, -0.2) is 4.57 Å². The molecule has 0 radical (unpaired) electrons. The molecule has 3 heterocycles. The number of para-hydroxylation sites is 5. The SMILES string of the molecule is O=c1c2ccccc2oc2ccc(N3c4cc5c(cc4Sc4c(N(c6ccccc6)c6ccccc6)cccc43)c3ccccc3n5-c3ccccc3)cc12. The Morgan fingerprint density at radius 2 is 1.13 bits per heavy atom. The number of hydrogen-bond donors (Lipinski definition) is 0. The van der Waals surface area contributed by atoms with E-state index in [-0.39, 0.29) is 5.43 Å². The van der Waals surface area contributed by atoms with Gasteiger partial charge in [-0.2, -0.15) is 0 Å². The Labute approximate surface area is 320 Å². The zero-order chi connectivity index (χ0) is 36.5. The molecule has 0 spiro atoms. The molecule has 0 saturated carbocycles. The van der Waals surface area contributed by atoms with Crippen LogP contribution in [0, 0.1) is 0 Å². The maximum atomic E-state index is 14.1. The van der Waals surface area contributed by atoms with E-state index in [1.807, 2.05) is 36.4 Å². The van der Waals surface area contributed by atoms with Gasteiger partial charge < -0.3 is 18.8 Å². The number of aromatic nitrogens is 1. The van der Waals surface area contributed by atoms with Gasteiger partial charge in [0.2, 0.25) is 5.43 Å². The predicted octanol–water partition coefficient (Wildman–Crippen LogP) is 13.4. The molecule has 1 aliphatic heterocycles. The Hall–Kier alpha value is -7.02. The molecule has 6 heteroatoms. The third-order valence-corrected chi connectivity index (χ3v) is 11.7. The fourth-order valence-electron chi connectivity index (χ4n) is 8.10. The number of benzene rings is 8. The van der Waals surface area contributed by atoms with Gasteiger partial charge in [0, 0.05) is 38.4 Å². The highest BCUT2D eigenvalue weighted by molar-refractivity contribution is 8.00. The first-order chi connectivity index (χ1) is 27.2. The van der Waals surface area contributed by atoms with Crippen LogP contribution >= 0.6 is 11.8 Å². The van der Waals surface area contributed by atoms with Gasteiger partial charge in [-0.15, -0.1) is 0 Å². The predicted molar refractivity (Wildman–Crippen MR) is 228 cm³/mol. The van der Waals surface area contributed by atoms with Crippen LogP contribution in [0.15, 0.2) is 207 Å². The molecule has 0 atom stereocenters. The number of hydrogen-bond acceptors (Lipinski definition) is 5. The molecule has 0 aliphatic carbocycles. The van der Waals surface area contributed by atoms with Crippen molar-refractivity contribution in [2.75, 3.05) is 9.80 Å². The van der Waals surface area contributed by atoms with Crippen LogP contribution < -0.4 is 15.2 Å². The molecular weight excluding hydrogens is 695 g/mol. The lowest BCUT2D eigenvalue weighted by molar-refractivity contribution is 0.660. The second-order valence-corrected chi connectivity index (χ2v) is 14.8. The van der Waals surface area contributed by atoms with Crippen LogP contribution in [0.3, 0.4) is 0 Å². The summed E-state index contributed by atoms with van der Waals surface area (Å²) >= 11 is 1.79. The summed E-state index contributed by atoms with van der Waals surface area (Å²) in [5.41, 5.74) is 10.6. The Bertz CT molecular complexity index is 3120. The highest BCUT2D eigenvalue weighted by Crippen LogP contribution is 2.57. The summed E-state index contributed by atoms with van der Waals surface area (Å²) in [6.45, 7) is 0. The van der Waals surface area contributed by atoms with Gasteiger partial charge in [-0.25, -0.2) is 0 Å². The van der Waals surface area contributed by atoms with Gasteiger partial charge in [-0.3, -0.25) is 4.79 Å². The first kappa shape index (κ1) is 31.5. The van der Waals surface area contributed by atoms with E-state index in [2.05, 4.69) is 166 Å². The van der Waals surface area contributed by atoms with E-state index < -0.39 is 0 Å². The van der Waals surface area contributed by atoms with E-state index in [9.17, 15) is 4.79 Å². The molecule has 5 nitrogen and oxygen atoms in total. The van der Waals surface area contributed by atoms with Gasteiger partial charge in [0.1, 0.15) is 11.2 Å². The van der Waals surface area contributed by atoms with Crippen LogP contribution in [0.25, 0.3) is 49.4 Å². The van der Waals surface area contributed by atoms with E-state index in [0.29, 0.717) is 21.9 Å². The van der Waals surface area contributed by atoms with E-state index >= 15 is 0 Å². The van der Waals surface area contributed by atoms with Crippen LogP contribution in [0.2, 0.25) is 0 Å². The Kier molecular flexibility index (Phi) is 7.19. The summed E-state index contributed by atoms with van der Waals surface area (Å²) in [4.78, 5) is 20.9. The maximum absolute atomic E-state index is 14.1. The normalized spacial score (nSPS) is 12.3. The minimum absolute atomic E-state index is 0.0433. The smallest absolute Gasteiger partial charge is 0.200 e. The average Bonchev–Trinajstić information content (AvgIpc) is 3.56. The molecule has 0 bridgehead atoms. The highest BCUT2D eigenvalue weighted by atomic mass is 32.2. The molecule has 55 heavy (non-hydrogen) atoms. The van der Waals surface area contributed by atoms with Gasteiger partial charge in [-0.1, -0.05) is 103 Å². The van der Waals surface area contributed by atoms with E-state index in [1.165, 1.54) is 10.8 Å². The average molecular weight is 726 g/mol.